The largest absolute Gasteiger partial charge is 0.495 e. The Hall–Kier alpha value is -2.15. The highest BCUT2D eigenvalue weighted by Gasteiger charge is 2.31. The molecule has 0 aliphatic carbocycles. The van der Waals surface area contributed by atoms with Crippen LogP contribution in [-0.4, -0.2) is 22.2 Å². The molecular formula is C13H11F3N2O2. The maximum Gasteiger partial charge on any atom is 0.417 e. The molecule has 2 aromatic rings. The summed E-state index contributed by atoms with van der Waals surface area (Å²) in [5, 5.41) is 10.1. The minimum Gasteiger partial charge on any atom is -0.495 e. The molecule has 0 spiro atoms. The van der Waals surface area contributed by atoms with Crippen molar-refractivity contribution in [3.63, 3.8) is 0 Å². The lowest BCUT2D eigenvalue weighted by atomic mass is 10.1. The van der Waals surface area contributed by atoms with Crippen molar-refractivity contribution in [1.29, 1.82) is 0 Å². The van der Waals surface area contributed by atoms with Crippen LogP contribution in [0.25, 0.3) is 0 Å². The second-order valence-corrected chi connectivity index (χ2v) is 4.03. The number of hydrogen-bond acceptors (Lipinski definition) is 4. The van der Waals surface area contributed by atoms with Crippen molar-refractivity contribution in [3.05, 3.63) is 53.6 Å². The predicted octanol–water partition coefficient (Wildman–Crippen LogP) is 2.59. The van der Waals surface area contributed by atoms with E-state index < -0.39 is 17.8 Å². The zero-order valence-corrected chi connectivity index (χ0v) is 10.4. The molecule has 0 aliphatic heterocycles. The van der Waals surface area contributed by atoms with Gasteiger partial charge in [0.15, 0.2) is 0 Å². The first kappa shape index (κ1) is 14.3. The highest BCUT2D eigenvalue weighted by atomic mass is 19.4. The normalized spacial score (nSPS) is 13.1. The monoisotopic (exact) mass is 284 g/mol. The Morgan fingerprint density at radius 1 is 1.20 bits per heavy atom. The van der Waals surface area contributed by atoms with Gasteiger partial charge in [0.05, 0.1) is 24.6 Å². The summed E-state index contributed by atoms with van der Waals surface area (Å²) in [4.78, 5) is 7.50. The van der Waals surface area contributed by atoms with Crippen LogP contribution in [0.5, 0.6) is 5.75 Å². The summed E-state index contributed by atoms with van der Waals surface area (Å²) in [6.45, 7) is 0. The number of ether oxygens (including phenoxy) is 1. The maximum atomic E-state index is 12.4. The molecule has 0 aliphatic rings. The van der Waals surface area contributed by atoms with Gasteiger partial charge in [-0.1, -0.05) is 0 Å². The lowest BCUT2D eigenvalue weighted by Gasteiger charge is -2.12. The number of hydrogen-bond donors (Lipinski definition) is 1. The molecule has 1 unspecified atom stereocenters. The average Bonchev–Trinajstić information content (AvgIpc) is 2.46. The van der Waals surface area contributed by atoms with Gasteiger partial charge in [-0.3, -0.25) is 9.97 Å². The Kier molecular flexibility index (Phi) is 3.89. The summed E-state index contributed by atoms with van der Waals surface area (Å²) in [6, 6.07) is 3.54. The Labute approximate surface area is 112 Å². The van der Waals surface area contributed by atoms with Crippen molar-refractivity contribution in [2.45, 2.75) is 12.3 Å². The van der Waals surface area contributed by atoms with Gasteiger partial charge in [0.2, 0.25) is 0 Å². The van der Waals surface area contributed by atoms with Crippen LogP contribution in [0.4, 0.5) is 13.2 Å². The summed E-state index contributed by atoms with van der Waals surface area (Å²) in [6.07, 6.45) is -2.08. The van der Waals surface area contributed by atoms with Crippen molar-refractivity contribution >= 4 is 0 Å². The van der Waals surface area contributed by atoms with Gasteiger partial charge in [-0.15, -0.1) is 0 Å². The van der Waals surface area contributed by atoms with Gasteiger partial charge in [0, 0.05) is 18.0 Å². The summed E-state index contributed by atoms with van der Waals surface area (Å²) in [7, 11) is 1.45. The predicted molar refractivity (Wildman–Crippen MR) is 64.1 cm³/mol. The molecule has 4 nitrogen and oxygen atoms in total. The highest BCUT2D eigenvalue weighted by Crippen LogP contribution is 2.30. The standard InChI is InChI=1S/C13H11F3N2O2/c1-20-10-4-8(5-17-7-10)12(19)11-3-2-9(6-18-11)13(14,15)16/h2-7,12,19H,1H3. The number of methoxy groups -OCH3 is 1. The Bertz CT molecular complexity index is 585. The number of alkyl halides is 3. The number of nitrogens with zero attached hydrogens (tertiary/aromatic N) is 2. The number of rotatable bonds is 3. The highest BCUT2D eigenvalue weighted by molar-refractivity contribution is 5.30. The number of aromatic nitrogens is 2. The molecule has 0 bridgehead atoms. The van der Waals surface area contributed by atoms with E-state index in [9.17, 15) is 18.3 Å². The third kappa shape index (κ3) is 3.05. The van der Waals surface area contributed by atoms with E-state index in [1.807, 2.05) is 0 Å². The summed E-state index contributed by atoms with van der Waals surface area (Å²) in [5.74, 6) is 0.438. The average molecular weight is 284 g/mol. The van der Waals surface area contributed by atoms with Crippen LogP contribution in [0, 0.1) is 0 Å². The van der Waals surface area contributed by atoms with Crippen LogP contribution >= 0.6 is 0 Å². The molecule has 0 saturated carbocycles. The molecule has 1 atom stereocenters. The topological polar surface area (TPSA) is 55.2 Å². The van der Waals surface area contributed by atoms with Crippen molar-refractivity contribution in [1.82, 2.24) is 9.97 Å². The van der Waals surface area contributed by atoms with Crippen LogP contribution in [0.15, 0.2) is 36.8 Å². The van der Waals surface area contributed by atoms with E-state index in [-0.39, 0.29) is 5.69 Å². The number of halogens is 3. The van der Waals surface area contributed by atoms with E-state index >= 15 is 0 Å². The second kappa shape index (κ2) is 5.46. The molecule has 2 rings (SSSR count). The van der Waals surface area contributed by atoms with Crippen LogP contribution in [0.3, 0.4) is 0 Å². The Morgan fingerprint density at radius 3 is 2.50 bits per heavy atom. The summed E-state index contributed by atoms with van der Waals surface area (Å²) >= 11 is 0. The van der Waals surface area contributed by atoms with Crippen molar-refractivity contribution in [3.8, 4) is 5.75 Å². The first-order valence-electron chi connectivity index (χ1n) is 5.62. The van der Waals surface area contributed by atoms with E-state index in [0.29, 0.717) is 17.5 Å². The first-order valence-corrected chi connectivity index (χ1v) is 5.62. The fraction of sp³-hybridized carbons (Fsp3) is 0.231. The van der Waals surface area contributed by atoms with Gasteiger partial charge in [-0.25, -0.2) is 0 Å². The molecule has 2 heterocycles. The fourth-order valence-electron chi connectivity index (χ4n) is 1.60. The molecule has 0 fully saturated rings. The van der Waals surface area contributed by atoms with E-state index in [2.05, 4.69) is 9.97 Å². The summed E-state index contributed by atoms with van der Waals surface area (Å²) < 4.78 is 42.2. The molecule has 0 amide bonds. The lowest BCUT2D eigenvalue weighted by molar-refractivity contribution is -0.137. The van der Waals surface area contributed by atoms with E-state index in [1.54, 1.807) is 0 Å². The maximum absolute atomic E-state index is 12.4. The first-order chi connectivity index (χ1) is 9.41. The van der Waals surface area contributed by atoms with Gasteiger partial charge in [0.1, 0.15) is 11.9 Å². The zero-order chi connectivity index (χ0) is 14.8. The lowest BCUT2D eigenvalue weighted by Crippen LogP contribution is -2.08. The summed E-state index contributed by atoms with van der Waals surface area (Å²) in [5.41, 5.74) is -0.373. The van der Waals surface area contributed by atoms with Gasteiger partial charge in [0.25, 0.3) is 0 Å². The zero-order valence-electron chi connectivity index (χ0n) is 10.4. The van der Waals surface area contributed by atoms with Gasteiger partial charge in [-0.2, -0.15) is 13.2 Å². The number of aliphatic hydroxyl groups excluding tert-OH is 1. The second-order valence-electron chi connectivity index (χ2n) is 4.03. The van der Waals surface area contributed by atoms with Crippen LogP contribution in [-0.2, 0) is 6.18 Å². The SMILES string of the molecule is COc1cncc(C(O)c2ccc(C(F)(F)F)cn2)c1. The fourth-order valence-corrected chi connectivity index (χ4v) is 1.60. The molecule has 0 saturated heterocycles. The third-order valence-electron chi connectivity index (χ3n) is 2.68. The van der Waals surface area contributed by atoms with E-state index in [4.69, 9.17) is 4.74 Å². The smallest absolute Gasteiger partial charge is 0.417 e. The van der Waals surface area contributed by atoms with Crippen LogP contribution in [0.2, 0.25) is 0 Å². The molecule has 0 radical (unpaired) electrons. The molecular weight excluding hydrogens is 273 g/mol. The van der Waals surface area contributed by atoms with Gasteiger partial charge < -0.3 is 9.84 Å². The third-order valence-corrected chi connectivity index (χ3v) is 2.68. The van der Waals surface area contributed by atoms with Crippen LogP contribution in [0.1, 0.15) is 22.9 Å². The molecule has 0 aromatic carbocycles. The van der Waals surface area contributed by atoms with Crippen molar-refractivity contribution in [2.75, 3.05) is 7.11 Å². The minimum atomic E-state index is -4.45. The van der Waals surface area contributed by atoms with Gasteiger partial charge in [-0.05, 0) is 18.2 Å². The Balaban J connectivity index is 2.26. The molecule has 20 heavy (non-hydrogen) atoms. The van der Waals surface area contributed by atoms with Crippen LogP contribution < -0.4 is 4.74 Å². The van der Waals surface area contributed by atoms with Gasteiger partial charge >= 0.3 is 6.18 Å². The molecule has 1 N–H and O–H groups in total. The van der Waals surface area contributed by atoms with E-state index in [1.165, 1.54) is 25.6 Å². The van der Waals surface area contributed by atoms with Crippen molar-refractivity contribution in [2.24, 2.45) is 0 Å². The quantitative estimate of drug-likeness (QED) is 0.941. The number of pyridine rings is 2. The number of aliphatic hydroxyl groups is 1. The van der Waals surface area contributed by atoms with E-state index in [0.717, 1.165) is 12.1 Å². The van der Waals surface area contributed by atoms with Crippen molar-refractivity contribution < 1.29 is 23.0 Å². The molecule has 106 valence electrons. The molecule has 7 heteroatoms. The minimum absolute atomic E-state index is 0.105. The Morgan fingerprint density at radius 2 is 1.95 bits per heavy atom. The molecule has 2 aromatic heterocycles.